The van der Waals surface area contributed by atoms with Gasteiger partial charge in [0, 0.05) is 29.9 Å². The Hall–Kier alpha value is -2.31. The fraction of sp³-hybridized carbons (Fsp3) is 0.667. The predicted molar refractivity (Wildman–Crippen MR) is 137 cm³/mol. The van der Waals surface area contributed by atoms with Crippen molar-refractivity contribution in [2.24, 2.45) is 11.8 Å². The fourth-order valence-electron chi connectivity index (χ4n) is 5.06. The van der Waals surface area contributed by atoms with E-state index in [0.29, 0.717) is 24.4 Å². The van der Waals surface area contributed by atoms with Gasteiger partial charge in [-0.1, -0.05) is 27.7 Å². The van der Waals surface area contributed by atoms with E-state index in [2.05, 4.69) is 22.1 Å². The van der Waals surface area contributed by atoms with E-state index in [1.165, 1.54) is 15.6 Å². The summed E-state index contributed by atoms with van der Waals surface area (Å²) in [5.74, 6) is -0.669. The van der Waals surface area contributed by atoms with Crippen LogP contribution in [0.15, 0.2) is 17.6 Å². The van der Waals surface area contributed by atoms with Gasteiger partial charge in [-0.25, -0.2) is 23.3 Å². The number of H-pyrrole nitrogens is 1. The van der Waals surface area contributed by atoms with E-state index in [4.69, 9.17) is 0 Å². The van der Waals surface area contributed by atoms with Crippen LogP contribution in [-0.2, 0) is 20.2 Å². The van der Waals surface area contributed by atoms with Crippen molar-refractivity contribution >= 4 is 38.9 Å². The second-order valence-corrected chi connectivity index (χ2v) is 13.9. The van der Waals surface area contributed by atoms with Crippen LogP contribution in [0.2, 0.25) is 0 Å². The molecule has 0 atom stereocenters. The number of rotatable bonds is 6. The van der Waals surface area contributed by atoms with Gasteiger partial charge < -0.3 is 10.0 Å². The van der Waals surface area contributed by atoms with E-state index < -0.39 is 16.0 Å². The molecule has 1 saturated carbocycles. The number of aromatic nitrogens is 3. The molecule has 0 aromatic carbocycles. The van der Waals surface area contributed by atoms with Crippen molar-refractivity contribution in [2.75, 3.05) is 18.0 Å². The first-order chi connectivity index (χ1) is 16.9. The number of anilines is 1. The number of carboxylic acids is 1. The number of aromatic carboxylic acids is 1. The van der Waals surface area contributed by atoms with Crippen molar-refractivity contribution < 1.29 is 23.1 Å². The first-order valence-corrected chi connectivity index (χ1v) is 14.7. The summed E-state index contributed by atoms with van der Waals surface area (Å²) in [5.41, 5.74) is 0.175. The number of amides is 1. The summed E-state index contributed by atoms with van der Waals surface area (Å²) in [6.07, 6.45) is 5.48. The molecule has 0 unspecified atom stereocenters. The minimum atomic E-state index is -3.81. The van der Waals surface area contributed by atoms with Gasteiger partial charge in [0.05, 0.1) is 5.69 Å². The number of hydrogen-bond acceptors (Lipinski definition) is 7. The molecule has 0 bridgehead atoms. The Bertz CT molecular complexity index is 1190. The van der Waals surface area contributed by atoms with Crippen LogP contribution in [0, 0.1) is 11.8 Å². The molecule has 2 N–H and O–H groups in total. The number of piperidine rings is 1. The van der Waals surface area contributed by atoms with Gasteiger partial charge in [0.15, 0.2) is 0 Å². The van der Waals surface area contributed by atoms with Gasteiger partial charge in [-0.15, -0.1) is 11.3 Å². The average Bonchev–Trinajstić information content (AvgIpc) is 3.51. The Morgan fingerprint density at radius 2 is 1.78 bits per heavy atom. The summed E-state index contributed by atoms with van der Waals surface area (Å²) in [6, 6.07) is 1.56. The molecule has 3 heterocycles. The first kappa shape index (κ1) is 26.7. The molecule has 2 aromatic heterocycles. The van der Waals surface area contributed by atoms with Crippen LogP contribution in [0.5, 0.6) is 0 Å². The minimum absolute atomic E-state index is 0.0424. The molecule has 198 valence electrons. The zero-order valence-electron chi connectivity index (χ0n) is 21.2. The molecule has 10 nitrogen and oxygen atoms in total. The predicted octanol–water partition coefficient (Wildman–Crippen LogP) is 3.87. The zero-order chi connectivity index (χ0) is 26.3. The van der Waals surface area contributed by atoms with Crippen molar-refractivity contribution in [3.63, 3.8) is 0 Å². The molecule has 0 radical (unpaired) electrons. The monoisotopic (exact) mass is 537 g/mol. The lowest BCUT2D eigenvalue weighted by Crippen LogP contribution is -2.51. The largest absolute Gasteiger partial charge is 0.477 e. The number of carbonyl (C=O) groups excluding carboxylic acids is 1. The van der Waals surface area contributed by atoms with Crippen LogP contribution >= 0.6 is 11.3 Å². The molecule has 12 heteroatoms. The van der Waals surface area contributed by atoms with E-state index in [1.807, 2.05) is 26.8 Å². The average molecular weight is 538 g/mol. The van der Waals surface area contributed by atoms with E-state index in [0.717, 1.165) is 36.9 Å². The molecular formula is C24H35N5O5S2. The molecule has 1 saturated heterocycles. The van der Waals surface area contributed by atoms with Crippen LogP contribution in [0.4, 0.5) is 5.69 Å². The highest BCUT2D eigenvalue weighted by molar-refractivity contribution is 7.88. The molecule has 1 aliphatic carbocycles. The molecule has 2 fully saturated rings. The quantitative estimate of drug-likeness (QED) is 0.571. The standard InChI is InChI=1S/C24H35N5O5S2/c1-15-5-7-16(8-6-15)21(30)29(18-13-19(24(2,3)4)35-20(18)22(31)32)17-9-11-28(12-10-17)36(33,34)23-25-14-26-27-23/h13-17H,5-12H2,1-4H3,(H,31,32)(H,25,26,27). The highest BCUT2D eigenvalue weighted by Gasteiger charge is 2.40. The van der Waals surface area contributed by atoms with Gasteiger partial charge in [0.1, 0.15) is 11.2 Å². The number of carbonyl (C=O) groups is 2. The molecule has 4 rings (SSSR count). The molecule has 1 aliphatic heterocycles. The maximum absolute atomic E-state index is 14.0. The topological polar surface area (TPSA) is 137 Å². The lowest BCUT2D eigenvalue weighted by molar-refractivity contribution is -0.124. The number of carboxylic acid groups (broad SMARTS) is 1. The van der Waals surface area contributed by atoms with Gasteiger partial charge >= 0.3 is 5.97 Å². The van der Waals surface area contributed by atoms with E-state index >= 15 is 0 Å². The molecule has 1 amide bonds. The summed E-state index contributed by atoms with van der Waals surface area (Å²) < 4.78 is 27.1. The number of aromatic amines is 1. The molecule has 2 aliphatic rings. The smallest absolute Gasteiger partial charge is 0.348 e. The van der Waals surface area contributed by atoms with Gasteiger partial charge in [0.25, 0.3) is 15.2 Å². The van der Waals surface area contributed by atoms with Crippen molar-refractivity contribution in [3.8, 4) is 0 Å². The van der Waals surface area contributed by atoms with Gasteiger partial charge in [-0.2, -0.15) is 9.40 Å². The molecule has 36 heavy (non-hydrogen) atoms. The van der Waals surface area contributed by atoms with Crippen LogP contribution in [0.25, 0.3) is 0 Å². The van der Waals surface area contributed by atoms with Crippen LogP contribution in [0.1, 0.15) is 80.8 Å². The van der Waals surface area contributed by atoms with Crippen LogP contribution in [-0.4, -0.2) is 64.0 Å². The second kappa shape index (κ2) is 10.2. The lowest BCUT2D eigenvalue weighted by Gasteiger charge is -2.40. The summed E-state index contributed by atoms with van der Waals surface area (Å²) in [5, 5.41) is 15.9. The third kappa shape index (κ3) is 5.35. The summed E-state index contributed by atoms with van der Waals surface area (Å²) in [6.45, 7) is 8.68. The summed E-state index contributed by atoms with van der Waals surface area (Å²) in [7, 11) is -3.81. The van der Waals surface area contributed by atoms with Crippen molar-refractivity contribution in [1.82, 2.24) is 19.5 Å². The van der Waals surface area contributed by atoms with E-state index in [-0.39, 0.29) is 46.4 Å². The first-order valence-electron chi connectivity index (χ1n) is 12.5. The minimum Gasteiger partial charge on any atom is -0.477 e. The molecular weight excluding hydrogens is 502 g/mol. The fourth-order valence-corrected chi connectivity index (χ4v) is 7.39. The molecule has 0 spiro atoms. The number of nitrogens with one attached hydrogen (secondary N) is 1. The van der Waals surface area contributed by atoms with Crippen LogP contribution in [0.3, 0.4) is 0 Å². The summed E-state index contributed by atoms with van der Waals surface area (Å²) >= 11 is 1.22. The Labute approximate surface area is 216 Å². The highest BCUT2D eigenvalue weighted by Crippen LogP contribution is 2.41. The SMILES string of the molecule is CC1CCC(C(=O)N(c2cc(C(C)(C)C)sc2C(=O)O)C2CCN(S(=O)(=O)c3ncn[nH]3)CC2)CC1. The Morgan fingerprint density at radius 1 is 1.14 bits per heavy atom. The number of nitrogens with zero attached hydrogens (tertiary/aromatic N) is 4. The Kier molecular flexibility index (Phi) is 7.59. The zero-order valence-corrected chi connectivity index (χ0v) is 22.9. The van der Waals surface area contributed by atoms with Gasteiger partial charge in [-0.05, 0) is 55.9 Å². The number of sulfonamides is 1. The number of hydrogen-bond donors (Lipinski definition) is 2. The molecule has 2 aromatic rings. The third-order valence-corrected chi connectivity index (χ3v) is 10.5. The maximum Gasteiger partial charge on any atom is 0.348 e. The van der Waals surface area contributed by atoms with Gasteiger partial charge in [0.2, 0.25) is 5.91 Å². The second-order valence-electron chi connectivity index (χ2n) is 11.0. The Balaban J connectivity index is 1.66. The van der Waals surface area contributed by atoms with E-state index in [1.54, 1.807) is 4.90 Å². The lowest BCUT2D eigenvalue weighted by atomic mass is 9.82. The van der Waals surface area contributed by atoms with Crippen molar-refractivity contribution in [3.05, 3.63) is 22.1 Å². The third-order valence-electron chi connectivity index (χ3n) is 7.27. The van der Waals surface area contributed by atoms with Crippen molar-refractivity contribution in [1.29, 1.82) is 0 Å². The summed E-state index contributed by atoms with van der Waals surface area (Å²) in [4.78, 5) is 32.8. The van der Waals surface area contributed by atoms with Crippen molar-refractivity contribution in [2.45, 2.75) is 82.8 Å². The number of thiophene rings is 1. The normalized spacial score (nSPS) is 22.4. The maximum atomic E-state index is 14.0. The Morgan fingerprint density at radius 3 is 2.31 bits per heavy atom. The van der Waals surface area contributed by atoms with E-state index in [9.17, 15) is 23.1 Å². The van der Waals surface area contributed by atoms with Crippen LogP contribution < -0.4 is 4.90 Å². The van der Waals surface area contributed by atoms with Gasteiger partial charge in [-0.3, -0.25) is 4.79 Å². The highest BCUT2D eigenvalue weighted by atomic mass is 32.2.